The van der Waals surface area contributed by atoms with E-state index in [1.807, 2.05) is 0 Å². The number of ether oxygens (including phenoxy) is 2. The van der Waals surface area contributed by atoms with Crippen LogP contribution >= 0.6 is 0 Å². The molecule has 0 saturated heterocycles. The summed E-state index contributed by atoms with van der Waals surface area (Å²) in [6, 6.07) is 4.69. The number of carbonyl (C=O) groups excluding carboxylic acids is 2. The standard InChI is InChI=1S/C15H16N2O5/c1-3-21-14(19)15(16,8-18)10-4-5-11(12(6-10)20-2)13-7-17-9-22-13/h4-9H,3,16H2,1-2H3. The minimum Gasteiger partial charge on any atom is -0.496 e. The Balaban J connectivity index is 2.48. The average Bonchev–Trinajstić information content (AvgIpc) is 3.07. The van der Waals surface area contributed by atoms with Gasteiger partial charge in [-0.1, -0.05) is 6.07 Å². The first kappa shape index (κ1) is 15.7. The van der Waals surface area contributed by atoms with Crippen LogP contribution in [0.3, 0.4) is 0 Å². The molecule has 7 heteroatoms. The number of aldehydes is 1. The molecule has 22 heavy (non-hydrogen) atoms. The number of hydrogen-bond acceptors (Lipinski definition) is 7. The van der Waals surface area contributed by atoms with E-state index in [0.717, 1.165) is 0 Å². The van der Waals surface area contributed by atoms with Gasteiger partial charge in [-0.2, -0.15) is 0 Å². The fourth-order valence-corrected chi connectivity index (χ4v) is 1.99. The van der Waals surface area contributed by atoms with E-state index in [4.69, 9.17) is 19.6 Å². The van der Waals surface area contributed by atoms with Crippen molar-refractivity contribution in [2.45, 2.75) is 12.5 Å². The highest BCUT2D eigenvalue weighted by Gasteiger charge is 2.38. The molecule has 1 aromatic carbocycles. The summed E-state index contributed by atoms with van der Waals surface area (Å²) >= 11 is 0. The maximum absolute atomic E-state index is 12.0. The van der Waals surface area contributed by atoms with Gasteiger partial charge in [-0.05, 0) is 24.6 Å². The summed E-state index contributed by atoms with van der Waals surface area (Å²) in [6.07, 6.45) is 3.17. The summed E-state index contributed by atoms with van der Waals surface area (Å²) in [6.45, 7) is 1.76. The molecule has 0 spiro atoms. The number of esters is 1. The van der Waals surface area contributed by atoms with Crippen molar-refractivity contribution in [3.63, 3.8) is 0 Å². The van der Waals surface area contributed by atoms with Crippen LogP contribution in [0.5, 0.6) is 5.75 Å². The van der Waals surface area contributed by atoms with E-state index in [0.29, 0.717) is 23.4 Å². The molecule has 1 unspecified atom stereocenters. The van der Waals surface area contributed by atoms with E-state index in [-0.39, 0.29) is 12.2 Å². The third kappa shape index (κ3) is 2.71. The second kappa shape index (κ2) is 6.40. The first-order chi connectivity index (χ1) is 10.6. The summed E-state index contributed by atoms with van der Waals surface area (Å²) in [7, 11) is 1.46. The Hall–Kier alpha value is -2.67. The Morgan fingerprint density at radius 3 is 2.82 bits per heavy atom. The van der Waals surface area contributed by atoms with Gasteiger partial charge in [0.1, 0.15) is 5.75 Å². The zero-order chi connectivity index (χ0) is 16.2. The molecule has 116 valence electrons. The minimum atomic E-state index is -1.89. The van der Waals surface area contributed by atoms with Gasteiger partial charge >= 0.3 is 5.97 Å². The first-order valence-electron chi connectivity index (χ1n) is 6.56. The van der Waals surface area contributed by atoms with Crippen LogP contribution in [-0.4, -0.2) is 31.0 Å². The summed E-state index contributed by atoms with van der Waals surface area (Å²) in [5.41, 5.74) is 4.91. The average molecular weight is 304 g/mol. The monoisotopic (exact) mass is 304 g/mol. The molecule has 2 N–H and O–H groups in total. The molecule has 0 fully saturated rings. The highest BCUT2D eigenvalue weighted by molar-refractivity contribution is 5.99. The van der Waals surface area contributed by atoms with E-state index < -0.39 is 11.5 Å². The molecule has 0 aliphatic carbocycles. The molecule has 0 aliphatic heterocycles. The van der Waals surface area contributed by atoms with Crippen molar-refractivity contribution in [1.29, 1.82) is 0 Å². The third-order valence-corrected chi connectivity index (χ3v) is 3.18. The highest BCUT2D eigenvalue weighted by Crippen LogP contribution is 2.33. The summed E-state index contributed by atoms with van der Waals surface area (Å²) in [5, 5.41) is 0. The molecule has 0 aliphatic rings. The van der Waals surface area contributed by atoms with Gasteiger partial charge in [0.15, 0.2) is 24.0 Å². The van der Waals surface area contributed by atoms with Crippen LogP contribution in [0.2, 0.25) is 0 Å². The van der Waals surface area contributed by atoms with Crippen molar-refractivity contribution in [2.75, 3.05) is 13.7 Å². The lowest BCUT2D eigenvalue weighted by atomic mass is 9.91. The largest absolute Gasteiger partial charge is 0.496 e. The second-order valence-electron chi connectivity index (χ2n) is 4.49. The molecule has 2 rings (SSSR count). The highest BCUT2D eigenvalue weighted by atomic mass is 16.5. The van der Waals surface area contributed by atoms with Gasteiger partial charge in [0, 0.05) is 0 Å². The maximum Gasteiger partial charge on any atom is 0.338 e. The van der Waals surface area contributed by atoms with Crippen molar-refractivity contribution in [1.82, 2.24) is 4.98 Å². The van der Waals surface area contributed by atoms with Crippen LogP contribution < -0.4 is 10.5 Å². The number of rotatable bonds is 6. The van der Waals surface area contributed by atoms with E-state index in [9.17, 15) is 9.59 Å². The topological polar surface area (TPSA) is 105 Å². The van der Waals surface area contributed by atoms with Crippen LogP contribution in [0.25, 0.3) is 11.3 Å². The molecule has 0 bridgehead atoms. The maximum atomic E-state index is 12.0. The fraction of sp³-hybridized carbons (Fsp3) is 0.267. The molecule has 0 radical (unpaired) electrons. The lowest BCUT2D eigenvalue weighted by molar-refractivity contribution is -0.151. The molecule has 1 heterocycles. The molecule has 2 aromatic rings. The van der Waals surface area contributed by atoms with E-state index in [1.54, 1.807) is 19.1 Å². The van der Waals surface area contributed by atoms with E-state index in [1.165, 1.54) is 25.8 Å². The molecular formula is C15H16N2O5. The van der Waals surface area contributed by atoms with E-state index in [2.05, 4.69) is 4.98 Å². The van der Waals surface area contributed by atoms with Crippen LogP contribution in [0.4, 0.5) is 0 Å². The zero-order valence-electron chi connectivity index (χ0n) is 12.2. The second-order valence-corrected chi connectivity index (χ2v) is 4.49. The third-order valence-electron chi connectivity index (χ3n) is 3.18. The van der Waals surface area contributed by atoms with Crippen molar-refractivity contribution in [3.8, 4) is 17.1 Å². The van der Waals surface area contributed by atoms with Gasteiger partial charge in [0.25, 0.3) is 0 Å². The Morgan fingerprint density at radius 2 is 2.27 bits per heavy atom. The number of nitrogens with zero attached hydrogens (tertiary/aromatic N) is 1. The number of nitrogens with two attached hydrogens (primary N) is 1. The van der Waals surface area contributed by atoms with Gasteiger partial charge < -0.3 is 24.4 Å². The molecule has 7 nitrogen and oxygen atoms in total. The number of benzene rings is 1. The fourth-order valence-electron chi connectivity index (χ4n) is 1.99. The summed E-state index contributed by atoms with van der Waals surface area (Å²) in [4.78, 5) is 27.2. The van der Waals surface area contributed by atoms with Crippen molar-refractivity contribution in [2.24, 2.45) is 5.73 Å². The lowest BCUT2D eigenvalue weighted by Crippen LogP contribution is -2.47. The molecule has 1 atom stereocenters. The van der Waals surface area contributed by atoms with Crippen LogP contribution in [0, 0.1) is 0 Å². The van der Waals surface area contributed by atoms with Crippen molar-refractivity contribution >= 4 is 12.3 Å². The van der Waals surface area contributed by atoms with Crippen molar-refractivity contribution < 1.29 is 23.5 Å². The number of carbonyl (C=O) groups is 2. The number of oxazole rings is 1. The quantitative estimate of drug-likeness (QED) is 0.486. The Labute approximate surface area is 127 Å². The van der Waals surface area contributed by atoms with Crippen molar-refractivity contribution in [3.05, 3.63) is 36.4 Å². The molecule has 0 saturated carbocycles. The van der Waals surface area contributed by atoms with Crippen LogP contribution in [0.15, 0.2) is 35.2 Å². The zero-order valence-corrected chi connectivity index (χ0v) is 12.2. The van der Waals surface area contributed by atoms with Gasteiger partial charge in [-0.15, -0.1) is 0 Å². The summed E-state index contributed by atoms with van der Waals surface area (Å²) < 4.78 is 15.4. The predicted octanol–water partition coefficient (Wildman–Crippen LogP) is 1.27. The summed E-state index contributed by atoms with van der Waals surface area (Å²) in [5.74, 6) is 0.0722. The van der Waals surface area contributed by atoms with Crippen LogP contribution in [-0.2, 0) is 19.9 Å². The number of methoxy groups -OCH3 is 1. The Bertz CT molecular complexity index is 669. The SMILES string of the molecule is CCOC(=O)C(N)(C=O)c1ccc(-c2cnco2)c(OC)c1. The Morgan fingerprint density at radius 1 is 1.50 bits per heavy atom. The van der Waals surface area contributed by atoms with Gasteiger partial charge in [-0.3, -0.25) is 0 Å². The molecule has 0 amide bonds. The normalized spacial score (nSPS) is 13.2. The lowest BCUT2D eigenvalue weighted by Gasteiger charge is -2.22. The minimum absolute atomic E-state index is 0.124. The number of aromatic nitrogens is 1. The molecular weight excluding hydrogens is 288 g/mol. The van der Waals surface area contributed by atoms with Gasteiger partial charge in [0.05, 0.1) is 25.5 Å². The molecule has 1 aromatic heterocycles. The first-order valence-corrected chi connectivity index (χ1v) is 6.56. The van der Waals surface area contributed by atoms with Gasteiger partial charge in [-0.25, -0.2) is 9.78 Å². The van der Waals surface area contributed by atoms with E-state index >= 15 is 0 Å². The van der Waals surface area contributed by atoms with Crippen LogP contribution in [0.1, 0.15) is 12.5 Å². The Kier molecular flexibility index (Phi) is 4.57. The number of hydrogen-bond donors (Lipinski definition) is 1. The van der Waals surface area contributed by atoms with Gasteiger partial charge in [0.2, 0.25) is 0 Å². The predicted molar refractivity (Wildman–Crippen MR) is 77.1 cm³/mol. The smallest absolute Gasteiger partial charge is 0.338 e.